The van der Waals surface area contributed by atoms with Crippen molar-refractivity contribution in [2.45, 2.75) is 20.3 Å². The number of amidine groups is 1. The van der Waals surface area contributed by atoms with Gasteiger partial charge in [0.2, 0.25) is 0 Å². The lowest BCUT2D eigenvalue weighted by Crippen LogP contribution is -2.25. The van der Waals surface area contributed by atoms with Crippen LogP contribution in [0.4, 0.5) is 5.69 Å². The number of hydrogen-bond donors (Lipinski definition) is 0. The molecule has 0 saturated heterocycles. The summed E-state index contributed by atoms with van der Waals surface area (Å²) in [5.74, 6) is 0.813. The van der Waals surface area contributed by atoms with Gasteiger partial charge in [-0.2, -0.15) is 0 Å². The van der Waals surface area contributed by atoms with Crippen LogP contribution in [0.15, 0.2) is 64.6 Å². The van der Waals surface area contributed by atoms with Crippen LogP contribution in [-0.2, 0) is 4.79 Å². The number of rotatable bonds is 6. The number of hydrogen-bond acceptors (Lipinski definition) is 3. The summed E-state index contributed by atoms with van der Waals surface area (Å²) in [6, 6.07) is 3.81. The topological polar surface area (TPSA) is 45.6 Å². The van der Waals surface area contributed by atoms with Gasteiger partial charge in [0.1, 0.15) is 5.84 Å². The van der Waals surface area contributed by atoms with Crippen molar-refractivity contribution in [3.63, 3.8) is 0 Å². The molecule has 0 atom stereocenters. The molecule has 0 saturated carbocycles. The molecule has 1 rings (SSSR count). The number of aliphatic imine (C=N–C) groups is 1. The first-order valence-corrected chi connectivity index (χ1v) is 7.28. The molecule has 0 unspecified atom stereocenters. The van der Waals surface area contributed by atoms with Crippen molar-refractivity contribution in [2.24, 2.45) is 4.99 Å². The van der Waals surface area contributed by atoms with Crippen LogP contribution in [0.3, 0.4) is 0 Å². The highest BCUT2D eigenvalue weighted by atomic mass is 35.5. The Morgan fingerprint density at radius 3 is 2.77 bits per heavy atom. The van der Waals surface area contributed by atoms with E-state index in [0.29, 0.717) is 29.0 Å². The summed E-state index contributed by atoms with van der Waals surface area (Å²) >= 11 is 6.07. The van der Waals surface area contributed by atoms with E-state index in [2.05, 4.69) is 16.6 Å². The molecular weight excluding hydrogens is 298 g/mol. The zero-order valence-corrected chi connectivity index (χ0v) is 13.8. The Morgan fingerprint density at radius 1 is 1.55 bits per heavy atom. The van der Waals surface area contributed by atoms with Crippen LogP contribution in [-0.4, -0.2) is 24.2 Å². The maximum absolute atomic E-state index is 11.3. The second kappa shape index (κ2) is 8.95. The summed E-state index contributed by atoms with van der Waals surface area (Å²) in [7, 11) is 1.91. The van der Waals surface area contributed by atoms with Gasteiger partial charge in [-0.1, -0.05) is 31.2 Å². The first kappa shape index (κ1) is 17.9. The van der Waals surface area contributed by atoms with Crippen molar-refractivity contribution in [2.75, 3.05) is 11.9 Å². The Bertz CT molecular complexity index is 618. The zero-order chi connectivity index (χ0) is 16.5. The number of carbonyl (C=O) groups is 1. The number of anilines is 1. The molecule has 4 nitrogen and oxygen atoms in total. The second-order valence-electron chi connectivity index (χ2n) is 4.52. The van der Waals surface area contributed by atoms with E-state index in [1.165, 1.54) is 6.08 Å². The van der Waals surface area contributed by atoms with Crippen LogP contribution < -0.4 is 4.90 Å². The minimum atomic E-state index is 0.325. The van der Waals surface area contributed by atoms with E-state index in [-0.39, 0.29) is 0 Å². The van der Waals surface area contributed by atoms with Gasteiger partial charge in [-0.25, -0.2) is 4.99 Å². The van der Waals surface area contributed by atoms with Crippen molar-refractivity contribution < 1.29 is 4.79 Å². The maximum Gasteiger partial charge on any atom is 0.153 e. The first-order chi connectivity index (χ1) is 10.5. The molecule has 1 aromatic heterocycles. The normalized spacial score (nSPS) is 13.5. The number of allylic oxidation sites excluding steroid dienone is 5. The lowest BCUT2D eigenvalue weighted by atomic mass is 10.2. The van der Waals surface area contributed by atoms with Crippen molar-refractivity contribution in [1.82, 2.24) is 4.98 Å². The number of carbonyl (C=O) groups excluding carboxylic acids is 1. The fraction of sp³-hybridized carbons (Fsp3) is 0.235. The van der Waals surface area contributed by atoms with Crippen molar-refractivity contribution in [3.05, 3.63) is 59.6 Å². The van der Waals surface area contributed by atoms with Gasteiger partial charge < -0.3 is 4.90 Å². The Balaban J connectivity index is 3.22. The molecule has 0 amide bonds. The lowest BCUT2D eigenvalue weighted by Gasteiger charge is -2.20. The lowest BCUT2D eigenvalue weighted by molar-refractivity contribution is -0.104. The molecule has 1 aromatic rings. The van der Waals surface area contributed by atoms with Gasteiger partial charge in [-0.05, 0) is 25.1 Å². The van der Waals surface area contributed by atoms with Gasteiger partial charge in [-0.15, -0.1) is 0 Å². The predicted octanol–water partition coefficient (Wildman–Crippen LogP) is 4.11. The van der Waals surface area contributed by atoms with Crippen LogP contribution >= 0.6 is 11.6 Å². The Labute approximate surface area is 136 Å². The fourth-order valence-electron chi connectivity index (χ4n) is 1.85. The summed E-state index contributed by atoms with van der Waals surface area (Å²) < 4.78 is 0. The average Bonchev–Trinajstić information content (AvgIpc) is 2.53. The summed E-state index contributed by atoms with van der Waals surface area (Å²) in [4.78, 5) is 21.8. The highest BCUT2D eigenvalue weighted by Gasteiger charge is 2.10. The third kappa shape index (κ3) is 4.67. The number of nitrogens with zero attached hydrogens (tertiary/aromatic N) is 3. The third-order valence-electron chi connectivity index (χ3n) is 3.06. The van der Waals surface area contributed by atoms with Crippen molar-refractivity contribution in [1.29, 1.82) is 0 Å². The van der Waals surface area contributed by atoms with Gasteiger partial charge in [-0.3, -0.25) is 9.78 Å². The molecule has 5 heteroatoms. The third-order valence-corrected chi connectivity index (χ3v) is 3.39. The molecule has 0 fully saturated rings. The molecule has 0 bridgehead atoms. The minimum Gasteiger partial charge on any atom is -0.332 e. The summed E-state index contributed by atoms with van der Waals surface area (Å²) in [5, 5.41) is 0.325. The first-order valence-electron chi connectivity index (χ1n) is 6.91. The van der Waals surface area contributed by atoms with E-state index < -0.39 is 0 Å². The summed E-state index contributed by atoms with van der Waals surface area (Å²) in [6.45, 7) is 7.33. The molecule has 0 N–H and O–H groups in total. The molecule has 0 aliphatic heterocycles. The number of aromatic nitrogens is 1. The number of aldehydes is 1. The van der Waals surface area contributed by atoms with Crippen LogP contribution in [0, 0.1) is 0 Å². The molecule has 1 heterocycles. The van der Waals surface area contributed by atoms with Gasteiger partial charge >= 0.3 is 0 Å². The molecule has 116 valence electrons. The van der Waals surface area contributed by atoms with E-state index in [1.807, 2.05) is 31.0 Å². The van der Waals surface area contributed by atoms with E-state index in [4.69, 9.17) is 11.6 Å². The Hall–Kier alpha value is -2.20. The fourth-order valence-corrected chi connectivity index (χ4v) is 2.12. The zero-order valence-electron chi connectivity index (χ0n) is 13.1. The van der Waals surface area contributed by atoms with Gasteiger partial charge in [0, 0.05) is 19.7 Å². The van der Waals surface area contributed by atoms with E-state index in [0.717, 1.165) is 11.5 Å². The van der Waals surface area contributed by atoms with Crippen molar-refractivity contribution >= 4 is 29.4 Å². The van der Waals surface area contributed by atoms with Crippen LogP contribution in [0.25, 0.3) is 0 Å². The van der Waals surface area contributed by atoms with Crippen LogP contribution in [0.5, 0.6) is 0 Å². The van der Waals surface area contributed by atoms with Crippen LogP contribution in [0.2, 0.25) is 0 Å². The Kier molecular flexibility index (Phi) is 7.26. The van der Waals surface area contributed by atoms with E-state index >= 15 is 0 Å². The second-order valence-corrected chi connectivity index (χ2v) is 4.93. The SMILES string of the molecule is C=C/C=C(Cl)\C(C=O)=C(/C)N=C(CC)N(C)c1cccnc1. The van der Waals surface area contributed by atoms with E-state index in [1.54, 1.807) is 25.4 Å². The monoisotopic (exact) mass is 317 g/mol. The van der Waals surface area contributed by atoms with Crippen LogP contribution in [0.1, 0.15) is 20.3 Å². The molecular formula is C17H20ClN3O. The highest BCUT2D eigenvalue weighted by molar-refractivity contribution is 6.34. The molecule has 0 spiro atoms. The standard InChI is InChI=1S/C17H20ClN3O/c1-5-8-16(18)15(12-22)13(3)20-17(6-2)21(4)14-9-7-10-19-11-14/h5,7-12H,1,6H2,2-4H3/b15-13+,16-8+,20-17?. The largest absolute Gasteiger partial charge is 0.332 e. The molecule has 0 aliphatic rings. The highest BCUT2D eigenvalue weighted by Crippen LogP contribution is 2.19. The minimum absolute atomic E-state index is 0.325. The molecule has 0 aliphatic carbocycles. The van der Waals surface area contributed by atoms with E-state index in [9.17, 15) is 4.79 Å². The van der Waals surface area contributed by atoms with Gasteiger partial charge in [0.15, 0.2) is 6.29 Å². The summed E-state index contributed by atoms with van der Waals surface area (Å²) in [6.07, 6.45) is 7.99. The smallest absolute Gasteiger partial charge is 0.153 e. The van der Waals surface area contributed by atoms with Crippen molar-refractivity contribution in [3.8, 4) is 0 Å². The number of halogens is 1. The average molecular weight is 318 g/mol. The van der Waals surface area contributed by atoms with Gasteiger partial charge in [0.05, 0.1) is 28.2 Å². The quantitative estimate of drug-likeness (QED) is 0.261. The number of pyridine rings is 1. The maximum atomic E-state index is 11.3. The summed E-state index contributed by atoms with van der Waals surface area (Å²) in [5.41, 5.74) is 1.84. The Morgan fingerprint density at radius 2 is 2.27 bits per heavy atom. The predicted molar refractivity (Wildman–Crippen MR) is 93.3 cm³/mol. The molecule has 0 radical (unpaired) electrons. The van der Waals surface area contributed by atoms with Gasteiger partial charge in [0.25, 0.3) is 0 Å². The molecule has 22 heavy (non-hydrogen) atoms. The molecule has 0 aromatic carbocycles.